The predicted octanol–water partition coefficient (Wildman–Crippen LogP) is 4.66. The molecule has 1 saturated heterocycles. The van der Waals surface area contributed by atoms with Gasteiger partial charge in [-0.25, -0.2) is 0 Å². The number of aliphatic hydroxyl groups is 1. The molecular weight excluding hydrogens is 456 g/mol. The van der Waals surface area contributed by atoms with Crippen molar-refractivity contribution in [3.63, 3.8) is 0 Å². The van der Waals surface area contributed by atoms with E-state index in [1.165, 1.54) is 0 Å². The molecule has 0 aromatic heterocycles. The zero-order valence-electron chi connectivity index (χ0n) is 20.4. The fraction of sp³-hybridized carbons (Fsp3) is 0.333. The molecule has 1 heterocycles. The van der Waals surface area contributed by atoms with Crippen LogP contribution in [0.3, 0.4) is 0 Å². The second-order valence-corrected chi connectivity index (χ2v) is 8.67. The van der Waals surface area contributed by atoms with Crippen LogP contribution in [0, 0.1) is 0 Å². The molecule has 190 valence electrons. The molecule has 5 atom stereocenters. The molecule has 0 spiro atoms. The highest BCUT2D eigenvalue weighted by atomic mass is 16.7. The molecule has 6 nitrogen and oxygen atoms in total. The minimum atomic E-state index is -1.21. The van der Waals surface area contributed by atoms with Crippen molar-refractivity contribution in [1.29, 1.82) is 0 Å². The van der Waals surface area contributed by atoms with E-state index in [2.05, 4.69) is 6.58 Å². The van der Waals surface area contributed by atoms with E-state index in [4.69, 9.17) is 23.7 Å². The Morgan fingerprint density at radius 3 is 1.69 bits per heavy atom. The third-order valence-corrected chi connectivity index (χ3v) is 5.98. The lowest BCUT2D eigenvalue weighted by Crippen LogP contribution is -2.61. The Morgan fingerprint density at radius 2 is 1.17 bits per heavy atom. The van der Waals surface area contributed by atoms with E-state index in [0.29, 0.717) is 26.4 Å². The summed E-state index contributed by atoms with van der Waals surface area (Å²) in [4.78, 5) is 0. The fourth-order valence-corrected chi connectivity index (χ4v) is 4.18. The van der Waals surface area contributed by atoms with Gasteiger partial charge in [0, 0.05) is 0 Å². The summed E-state index contributed by atoms with van der Waals surface area (Å²) in [5.41, 5.74) is 3.06. The molecule has 0 saturated carbocycles. The summed E-state index contributed by atoms with van der Waals surface area (Å²) in [5.74, 6) is 0. The highest BCUT2D eigenvalue weighted by Gasteiger charge is 2.47. The van der Waals surface area contributed by atoms with Crippen LogP contribution in [-0.2, 0) is 43.5 Å². The number of aliphatic hydroxyl groups excluding tert-OH is 1. The SMILES string of the molecule is C=CCO[C@H]1[C@H](OCc2ccccc2)[C@@H](OCc2ccccc2)[C@@H](O)O[C@@H]1COCc1ccccc1. The van der Waals surface area contributed by atoms with E-state index >= 15 is 0 Å². The summed E-state index contributed by atoms with van der Waals surface area (Å²) in [7, 11) is 0. The van der Waals surface area contributed by atoms with Crippen LogP contribution in [0.15, 0.2) is 104 Å². The van der Waals surface area contributed by atoms with Gasteiger partial charge in [0.25, 0.3) is 0 Å². The summed E-state index contributed by atoms with van der Waals surface area (Å²) >= 11 is 0. The molecule has 36 heavy (non-hydrogen) atoms. The van der Waals surface area contributed by atoms with Crippen molar-refractivity contribution < 1.29 is 28.8 Å². The number of benzene rings is 3. The van der Waals surface area contributed by atoms with Crippen molar-refractivity contribution in [2.75, 3.05) is 13.2 Å². The lowest BCUT2D eigenvalue weighted by Gasteiger charge is -2.44. The quantitative estimate of drug-likeness (QED) is 0.352. The first-order valence-electron chi connectivity index (χ1n) is 12.2. The van der Waals surface area contributed by atoms with Gasteiger partial charge in [0.2, 0.25) is 0 Å². The Labute approximate surface area is 213 Å². The van der Waals surface area contributed by atoms with Crippen molar-refractivity contribution in [2.45, 2.75) is 50.5 Å². The molecule has 0 radical (unpaired) electrons. The molecule has 1 fully saturated rings. The van der Waals surface area contributed by atoms with Crippen LogP contribution in [0.4, 0.5) is 0 Å². The Bertz CT molecular complexity index is 1010. The van der Waals surface area contributed by atoms with Crippen molar-refractivity contribution in [1.82, 2.24) is 0 Å². The van der Waals surface area contributed by atoms with Gasteiger partial charge in [0.05, 0.1) is 33.0 Å². The molecule has 0 bridgehead atoms. The van der Waals surface area contributed by atoms with E-state index in [1.807, 2.05) is 91.0 Å². The molecule has 6 heteroatoms. The molecule has 0 amide bonds. The van der Waals surface area contributed by atoms with Gasteiger partial charge in [-0.05, 0) is 16.7 Å². The molecule has 1 aliphatic heterocycles. The summed E-state index contributed by atoms with van der Waals surface area (Å²) < 4.78 is 30.6. The summed E-state index contributed by atoms with van der Waals surface area (Å²) in [5, 5.41) is 11.0. The Kier molecular flexibility index (Phi) is 10.2. The monoisotopic (exact) mass is 490 g/mol. The second-order valence-electron chi connectivity index (χ2n) is 8.67. The third-order valence-electron chi connectivity index (χ3n) is 5.98. The zero-order chi connectivity index (χ0) is 25.0. The molecule has 1 aliphatic rings. The fourth-order valence-electron chi connectivity index (χ4n) is 4.18. The van der Waals surface area contributed by atoms with Crippen LogP contribution in [0.5, 0.6) is 0 Å². The Balaban J connectivity index is 1.49. The Morgan fingerprint density at radius 1 is 0.667 bits per heavy atom. The lowest BCUT2D eigenvalue weighted by molar-refractivity contribution is -0.314. The maximum Gasteiger partial charge on any atom is 0.184 e. The van der Waals surface area contributed by atoms with Crippen molar-refractivity contribution in [3.8, 4) is 0 Å². The van der Waals surface area contributed by atoms with Crippen molar-refractivity contribution in [3.05, 3.63) is 120 Å². The first kappa shape index (κ1) is 26.2. The van der Waals surface area contributed by atoms with Crippen LogP contribution in [0.2, 0.25) is 0 Å². The van der Waals surface area contributed by atoms with Crippen LogP contribution < -0.4 is 0 Å². The maximum atomic E-state index is 11.0. The second kappa shape index (κ2) is 14.0. The molecule has 4 rings (SSSR count). The van der Waals surface area contributed by atoms with Crippen molar-refractivity contribution >= 4 is 0 Å². The van der Waals surface area contributed by atoms with Gasteiger partial charge >= 0.3 is 0 Å². The van der Waals surface area contributed by atoms with Gasteiger partial charge in [-0.3, -0.25) is 0 Å². The summed E-state index contributed by atoms with van der Waals surface area (Å²) in [6.45, 7) is 5.38. The van der Waals surface area contributed by atoms with Crippen LogP contribution in [-0.4, -0.2) is 49.0 Å². The molecule has 0 unspecified atom stereocenters. The molecule has 1 N–H and O–H groups in total. The average molecular weight is 491 g/mol. The van der Waals surface area contributed by atoms with Gasteiger partial charge in [-0.1, -0.05) is 97.1 Å². The van der Waals surface area contributed by atoms with Gasteiger partial charge in [-0.2, -0.15) is 0 Å². The van der Waals surface area contributed by atoms with Gasteiger partial charge in [0.1, 0.15) is 24.4 Å². The number of hydrogen-bond donors (Lipinski definition) is 1. The number of rotatable bonds is 13. The highest BCUT2D eigenvalue weighted by molar-refractivity contribution is 5.15. The van der Waals surface area contributed by atoms with E-state index in [-0.39, 0.29) is 6.61 Å². The maximum absolute atomic E-state index is 11.0. The van der Waals surface area contributed by atoms with Crippen molar-refractivity contribution in [2.24, 2.45) is 0 Å². The smallest absolute Gasteiger partial charge is 0.184 e. The molecule has 3 aromatic carbocycles. The molecule has 0 aliphatic carbocycles. The third kappa shape index (κ3) is 7.58. The molecule has 3 aromatic rings. The van der Waals surface area contributed by atoms with E-state index in [9.17, 15) is 5.11 Å². The topological polar surface area (TPSA) is 66.4 Å². The highest BCUT2D eigenvalue weighted by Crippen LogP contribution is 2.29. The largest absolute Gasteiger partial charge is 0.374 e. The van der Waals surface area contributed by atoms with E-state index < -0.39 is 30.7 Å². The Hall–Kier alpha value is -2.84. The molecular formula is C30H34O6. The van der Waals surface area contributed by atoms with Crippen LogP contribution >= 0.6 is 0 Å². The normalized spacial score (nSPS) is 23.9. The zero-order valence-corrected chi connectivity index (χ0v) is 20.4. The first-order chi connectivity index (χ1) is 17.7. The van der Waals surface area contributed by atoms with Crippen LogP contribution in [0.1, 0.15) is 16.7 Å². The van der Waals surface area contributed by atoms with Gasteiger partial charge in [-0.15, -0.1) is 6.58 Å². The standard InChI is InChI=1S/C30H34O6/c1-2-18-33-27-26(22-32-19-23-12-6-3-7-13-23)36-30(31)29(35-21-25-16-10-5-11-17-25)28(27)34-20-24-14-8-4-9-15-24/h2-17,26-31H,1,18-22H2/t26-,27-,28+,29-,30+/m1/s1. The summed E-state index contributed by atoms with van der Waals surface area (Å²) in [6.07, 6.45) is -1.96. The average Bonchev–Trinajstić information content (AvgIpc) is 2.92. The number of hydrogen-bond acceptors (Lipinski definition) is 6. The van der Waals surface area contributed by atoms with Gasteiger partial charge < -0.3 is 28.8 Å². The minimum absolute atomic E-state index is 0.227. The number of ether oxygens (including phenoxy) is 5. The van der Waals surface area contributed by atoms with Gasteiger partial charge in [0.15, 0.2) is 6.29 Å². The first-order valence-corrected chi connectivity index (χ1v) is 12.2. The summed E-state index contributed by atoms with van der Waals surface area (Å²) in [6, 6.07) is 29.6. The van der Waals surface area contributed by atoms with E-state index in [0.717, 1.165) is 16.7 Å². The van der Waals surface area contributed by atoms with Crippen LogP contribution in [0.25, 0.3) is 0 Å². The minimum Gasteiger partial charge on any atom is -0.374 e. The van der Waals surface area contributed by atoms with E-state index in [1.54, 1.807) is 6.08 Å². The lowest BCUT2D eigenvalue weighted by atomic mass is 9.98. The predicted molar refractivity (Wildman–Crippen MR) is 137 cm³/mol.